The average Bonchev–Trinajstić information content (AvgIpc) is 3.02. The van der Waals surface area contributed by atoms with Crippen LogP contribution in [0.2, 0.25) is 0 Å². The third-order valence-corrected chi connectivity index (χ3v) is 4.20. The second-order valence-corrected chi connectivity index (χ2v) is 5.87. The highest BCUT2D eigenvalue weighted by molar-refractivity contribution is 5.51. The van der Waals surface area contributed by atoms with E-state index in [1.54, 1.807) is 7.11 Å². The number of anilines is 2. The van der Waals surface area contributed by atoms with Crippen LogP contribution in [0.15, 0.2) is 42.6 Å². The number of nitrogens with zero attached hydrogens (tertiary/aromatic N) is 2. The van der Waals surface area contributed by atoms with E-state index in [4.69, 9.17) is 4.74 Å². The molecular formula is C18H23N3O. The van der Waals surface area contributed by atoms with Crippen LogP contribution in [-0.4, -0.2) is 31.7 Å². The number of aryl methyl sites for hydroxylation is 1. The SMILES string of the molecule is COc1cccc(N2CCC(CNc3ccnc(C)c3)C2)c1. The summed E-state index contributed by atoms with van der Waals surface area (Å²) >= 11 is 0. The molecule has 4 nitrogen and oxygen atoms in total. The molecule has 22 heavy (non-hydrogen) atoms. The summed E-state index contributed by atoms with van der Waals surface area (Å²) in [7, 11) is 1.71. The fourth-order valence-corrected chi connectivity index (χ4v) is 2.96. The second-order valence-electron chi connectivity index (χ2n) is 5.87. The summed E-state index contributed by atoms with van der Waals surface area (Å²) in [6.07, 6.45) is 3.07. The number of methoxy groups -OCH3 is 1. The van der Waals surface area contributed by atoms with Crippen LogP contribution in [0.5, 0.6) is 5.75 Å². The van der Waals surface area contributed by atoms with Crippen LogP contribution in [0.4, 0.5) is 11.4 Å². The molecule has 1 atom stereocenters. The van der Waals surface area contributed by atoms with Crippen molar-refractivity contribution in [3.63, 3.8) is 0 Å². The topological polar surface area (TPSA) is 37.4 Å². The van der Waals surface area contributed by atoms with E-state index in [1.807, 2.05) is 25.3 Å². The fourth-order valence-electron chi connectivity index (χ4n) is 2.96. The Hall–Kier alpha value is -2.23. The smallest absolute Gasteiger partial charge is 0.120 e. The van der Waals surface area contributed by atoms with Crippen LogP contribution in [0.1, 0.15) is 12.1 Å². The molecule has 1 aliphatic heterocycles. The number of ether oxygens (including phenoxy) is 1. The van der Waals surface area contributed by atoms with Gasteiger partial charge in [0.25, 0.3) is 0 Å². The molecule has 1 aliphatic rings. The third kappa shape index (κ3) is 3.50. The Balaban J connectivity index is 1.55. The largest absolute Gasteiger partial charge is 0.497 e. The van der Waals surface area contributed by atoms with Crippen molar-refractivity contribution in [1.29, 1.82) is 0 Å². The molecule has 0 aliphatic carbocycles. The number of hydrogen-bond acceptors (Lipinski definition) is 4. The molecular weight excluding hydrogens is 274 g/mol. The van der Waals surface area contributed by atoms with Crippen LogP contribution in [0, 0.1) is 12.8 Å². The normalized spacial score (nSPS) is 17.5. The average molecular weight is 297 g/mol. The van der Waals surface area contributed by atoms with E-state index in [1.165, 1.54) is 12.1 Å². The summed E-state index contributed by atoms with van der Waals surface area (Å²) in [5, 5.41) is 3.53. The Morgan fingerprint density at radius 3 is 3.05 bits per heavy atom. The zero-order chi connectivity index (χ0) is 15.4. The first-order chi connectivity index (χ1) is 10.7. The van der Waals surface area contributed by atoms with E-state index in [9.17, 15) is 0 Å². The maximum atomic E-state index is 5.31. The van der Waals surface area contributed by atoms with Crippen molar-refractivity contribution in [3.05, 3.63) is 48.3 Å². The van der Waals surface area contributed by atoms with Gasteiger partial charge in [0.2, 0.25) is 0 Å². The molecule has 1 saturated heterocycles. The van der Waals surface area contributed by atoms with E-state index in [0.717, 1.165) is 36.8 Å². The van der Waals surface area contributed by atoms with Crippen LogP contribution in [0.3, 0.4) is 0 Å². The van der Waals surface area contributed by atoms with Crippen molar-refractivity contribution in [1.82, 2.24) is 4.98 Å². The standard InChI is InChI=1S/C18H23N3O/c1-14-10-16(6-8-19-14)20-12-15-7-9-21(13-15)17-4-3-5-18(11-17)22-2/h3-6,8,10-11,15H,7,9,12-13H2,1-2H3,(H,19,20). The summed E-state index contributed by atoms with van der Waals surface area (Å²) in [5.41, 5.74) is 3.46. The van der Waals surface area contributed by atoms with Gasteiger partial charge in [-0.25, -0.2) is 0 Å². The molecule has 1 aromatic carbocycles. The minimum absolute atomic E-state index is 0.666. The van der Waals surface area contributed by atoms with Gasteiger partial charge in [-0.1, -0.05) is 6.07 Å². The number of nitrogens with one attached hydrogen (secondary N) is 1. The molecule has 3 rings (SSSR count). The monoisotopic (exact) mass is 297 g/mol. The first-order valence-corrected chi connectivity index (χ1v) is 7.80. The number of benzene rings is 1. The summed E-state index contributed by atoms with van der Waals surface area (Å²) < 4.78 is 5.31. The Kier molecular flexibility index (Phi) is 4.47. The van der Waals surface area contributed by atoms with E-state index < -0.39 is 0 Å². The zero-order valence-corrected chi connectivity index (χ0v) is 13.2. The van der Waals surface area contributed by atoms with Gasteiger partial charge in [-0.15, -0.1) is 0 Å². The number of aromatic nitrogens is 1. The van der Waals surface area contributed by atoms with Crippen LogP contribution >= 0.6 is 0 Å². The molecule has 0 amide bonds. The highest BCUT2D eigenvalue weighted by Crippen LogP contribution is 2.27. The van der Waals surface area contributed by atoms with Crippen LogP contribution < -0.4 is 15.0 Å². The maximum Gasteiger partial charge on any atom is 0.120 e. The molecule has 0 radical (unpaired) electrons. The van der Waals surface area contributed by atoms with Gasteiger partial charge in [-0.3, -0.25) is 4.98 Å². The lowest BCUT2D eigenvalue weighted by atomic mass is 10.1. The van der Waals surface area contributed by atoms with E-state index >= 15 is 0 Å². The Morgan fingerprint density at radius 1 is 1.32 bits per heavy atom. The maximum absolute atomic E-state index is 5.31. The highest BCUT2D eigenvalue weighted by atomic mass is 16.5. The van der Waals surface area contributed by atoms with Gasteiger partial charge in [0.15, 0.2) is 0 Å². The van der Waals surface area contributed by atoms with Gasteiger partial charge in [0, 0.05) is 49.0 Å². The molecule has 0 bridgehead atoms. The molecule has 2 heterocycles. The van der Waals surface area contributed by atoms with Crippen molar-refractivity contribution < 1.29 is 4.74 Å². The Bertz CT molecular complexity index is 629. The van der Waals surface area contributed by atoms with Crippen molar-refractivity contribution >= 4 is 11.4 Å². The molecule has 1 aromatic heterocycles. The van der Waals surface area contributed by atoms with Crippen molar-refractivity contribution in [2.24, 2.45) is 5.92 Å². The number of pyridine rings is 1. The second kappa shape index (κ2) is 6.69. The van der Waals surface area contributed by atoms with E-state index in [0.29, 0.717) is 5.92 Å². The van der Waals surface area contributed by atoms with Gasteiger partial charge in [0.05, 0.1) is 7.11 Å². The number of hydrogen-bond donors (Lipinski definition) is 1. The lowest BCUT2D eigenvalue weighted by Gasteiger charge is -2.19. The summed E-state index contributed by atoms with van der Waals surface area (Å²) in [6.45, 7) is 5.22. The van der Waals surface area contributed by atoms with Gasteiger partial charge in [0.1, 0.15) is 5.75 Å². The highest BCUT2D eigenvalue weighted by Gasteiger charge is 2.22. The molecule has 0 spiro atoms. The molecule has 0 saturated carbocycles. The molecule has 116 valence electrons. The fraction of sp³-hybridized carbons (Fsp3) is 0.389. The van der Waals surface area contributed by atoms with Gasteiger partial charge < -0.3 is 15.0 Å². The van der Waals surface area contributed by atoms with Crippen molar-refractivity contribution in [3.8, 4) is 5.75 Å². The minimum atomic E-state index is 0.666. The van der Waals surface area contributed by atoms with Crippen molar-refractivity contribution in [2.45, 2.75) is 13.3 Å². The Labute approximate surface area is 132 Å². The molecule has 4 heteroatoms. The molecule has 1 N–H and O–H groups in total. The van der Waals surface area contributed by atoms with E-state index in [2.05, 4.69) is 39.5 Å². The van der Waals surface area contributed by atoms with Crippen LogP contribution in [-0.2, 0) is 0 Å². The molecule has 1 unspecified atom stereocenters. The summed E-state index contributed by atoms with van der Waals surface area (Å²) in [5.74, 6) is 1.59. The first-order valence-electron chi connectivity index (χ1n) is 7.80. The summed E-state index contributed by atoms with van der Waals surface area (Å²) in [4.78, 5) is 6.66. The quantitative estimate of drug-likeness (QED) is 0.918. The first kappa shape index (κ1) is 14.7. The van der Waals surface area contributed by atoms with Crippen LogP contribution in [0.25, 0.3) is 0 Å². The minimum Gasteiger partial charge on any atom is -0.497 e. The third-order valence-electron chi connectivity index (χ3n) is 4.20. The zero-order valence-electron chi connectivity index (χ0n) is 13.2. The summed E-state index contributed by atoms with van der Waals surface area (Å²) in [6, 6.07) is 12.4. The predicted molar refractivity (Wildman–Crippen MR) is 90.8 cm³/mol. The van der Waals surface area contributed by atoms with Gasteiger partial charge >= 0.3 is 0 Å². The molecule has 1 fully saturated rings. The van der Waals surface area contributed by atoms with Gasteiger partial charge in [-0.05, 0) is 43.5 Å². The van der Waals surface area contributed by atoms with E-state index in [-0.39, 0.29) is 0 Å². The lowest BCUT2D eigenvalue weighted by Crippen LogP contribution is -2.22. The number of rotatable bonds is 5. The van der Waals surface area contributed by atoms with Gasteiger partial charge in [-0.2, -0.15) is 0 Å². The lowest BCUT2D eigenvalue weighted by molar-refractivity contribution is 0.415. The predicted octanol–water partition coefficient (Wildman–Crippen LogP) is 3.34. The van der Waals surface area contributed by atoms with Crippen molar-refractivity contribution in [2.75, 3.05) is 37.0 Å². The Morgan fingerprint density at radius 2 is 2.23 bits per heavy atom. The molecule has 2 aromatic rings.